The van der Waals surface area contributed by atoms with Gasteiger partial charge >= 0.3 is 5.97 Å². The van der Waals surface area contributed by atoms with E-state index in [0.717, 1.165) is 5.56 Å². The Morgan fingerprint density at radius 2 is 1.85 bits per heavy atom. The van der Waals surface area contributed by atoms with Crippen LogP contribution in [0.3, 0.4) is 0 Å². The fourth-order valence-corrected chi connectivity index (χ4v) is 3.18. The van der Waals surface area contributed by atoms with Crippen LogP contribution in [0.25, 0.3) is 0 Å². The van der Waals surface area contributed by atoms with E-state index in [1.165, 1.54) is 6.07 Å². The van der Waals surface area contributed by atoms with Crippen molar-refractivity contribution in [1.82, 2.24) is 5.32 Å². The van der Waals surface area contributed by atoms with Gasteiger partial charge < -0.3 is 10.1 Å². The third-order valence-electron chi connectivity index (χ3n) is 4.44. The predicted molar refractivity (Wildman–Crippen MR) is 95.7 cm³/mol. The van der Waals surface area contributed by atoms with Crippen LogP contribution in [0.5, 0.6) is 0 Å². The number of carbonyl (C=O) groups excluding carboxylic acids is 2. The number of amides is 1. The van der Waals surface area contributed by atoms with Crippen molar-refractivity contribution in [2.45, 2.75) is 25.7 Å². The average Bonchev–Trinajstić information content (AvgIpc) is 2.62. The van der Waals surface area contributed by atoms with Crippen molar-refractivity contribution in [2.75, 3.05) is 6.61 Å². The number of hydrogen-bond donors (Lipinski definition) is 1. The minimum Gasteiger partial charge on any atom is -0.462 e. The van der Waals surface area contributed by atoms with Crippen LogP contribution in [0.4, 0.5) is 4.39 Å². The van der Waals surface area contributed by atoms with Crippen molar-refractivity contribution >= 4 is 11.9 Å². The van der Waals surface area contributed by atoms with Gasteiger partial charge in [0.1, 0.15) is 5.82 Å². The molecule has 26 heavy (non-hydrogen) atoms. The second kappa shape index (κ2) is 7.95. The van der Waals surface area contributed by atoms with Crippen LogP contribution < -0.4 is 5.32 Å². The summed E-state index contributed by atoms with van der Waals surface area (Å²) in [6, 6.07) is 15.9. The summed E-state index contributed by atoms with van der Waals surface area (Å²) in [5, 5.41) is 2.65. The number of esters is 1. The van der Waals surface area contributed by atoms with E-state index in [1.807, 2.05) is 30.3 Å². The summed E-state index contributed by atoms with van der Waals surface area (Å²) in [6.45, 7) is 1.86. The van der Waals surface area contributed by atoms with E-state index in [2.05, 4.69) is 5.32 Å². The first-order chi connectivity index (χ1) is 12.6. The Balaban J connectivity index is 1.78. The number of benzene rings is 2. The van der Waals surface area contributed by atoms with Gasteiger partial charge in [-0.1, -0.05) is 48.5 Å². The Morgan fingerprint density at radius 3 is 2.58 bits per heavy atom. The topological polar surface area (TPSA) is 55.4 Å². The van der Waals surface area contributed by atoms with E-state index in [4.69, 9.17) is 4.74 Å². The van der Waals surface area contributed by atoms with Crippen molar-refractivity contribution in [1.29, 1.82) is 0 Å². The molecule has 5 heteroatoms. The zero-order valence-corrected chi connectivity index (χ0v) is 14.5. The normalized spacial score (nSPS) is 17.0. The molecule has 0 radical (unpaired) electrons. The van der Waals surface area contributed by atoms with Gasteiger partial charge in [0.15, 0.2) is 0 Å². The van der Waals surface area contributed by atoms with Gasteiger partial charge in [-0.25, -0.2) is 9.18 Å². The maximum atomic E-state index is 14.2. The number of nitrogens with one attached hydrogen (secondary N) is 1. The Morgan fingerprint density at radius 1 is 1.15 bits per heavy atom. The Bertz CT molecular complexity index is 845. The van der Waals surface area contributed by atoms with Gasteiger partial charge in [-0.3, -0.25) is 4.79 Å². The molecule has 134 valence electrons. The molecule has 1 aliphatic rings. The van der Waals surface area contributed by atoms with E-state index in [1.54, 1.807) is 25.1 Å². The van der Waals surface area contributed by atoms with E-state index < -0.39 is 17.7 Å². The highest BCUT2D eigenvalue weighted by atomic mass is 19.1. The molecule has 0 aromatic heterocycles. The van der Waals surface area contributed by atoms with Crippen LogP contribution in [0.2, 0.25) is 0 Å². The summed E-state index contributed by atoms with van der Waals surface area (Å²) in [5.41, 5.74) is 2.12. The Kier molecular flexibility index (Phi) is 5.46. The third-order valence-corrected chi connectivity index (χ3v) is 4.44. The molecule has 2 aromatic carbocycles. The van der Waals surface area contributed by atoms with Gasteiger partial charge in [0.05, 0.1) is 12.2 Å². The number of rotatable bonds is 5. The van der Waals surface area contributed by atoms with E-state index in [0.29, 0.717) is 23.3 Å². The van der Waals surface area contributed by atoms with Gasteiger partial charge in [0, 0.05) is 24.5 Å². The molecule has 4 nitrogen and oxygen atoms in total. The van der Waals surface area contributed by atoms with Gasteiger partial charge in [-0.2, -0.15) is 0 Å². The molecule has 0 saturated carbocycles. The standard InChI is InChI=1S/C21H20FNO3/c1-14-20(21(25)26-12-11-15-7-3-2-4-8-15)17(13-19(24)23-14)16-9-5-6-10-18(16)22/h2-10,17H,11-13H2,1H3,(H,23,24). The molecule has 1 amide bonds. The van der Waals surface area contributed by atoms with E-state index in [-0.39, 0.29) is 18.9 Å². The first kappa shape index (κ1) is 17.9. The number of allylic oxidation sites excluding steroid dienone is 1. The molecule has 1 unspecified atom stereocenters. The summed E-state index contributed by atoms with van der Waals surface area (Å²) in [5.74, 6) is -1.84. The third kappa shape index (κ3) is 3.99. The fraction of sp³-hybridized carbons (Fsp3) is 0.238. The maximum Gasteiger partial charge on any atom is 0.336 e. The first-order valence-corrected chi connectivity index (χ1v) is 8.52. The van der Waals surface area contributed by atoms with Gasteiger partial charge in [0.2, 0.25) is 5.91 Å². The average molecular weight is 353 g/mol. The molecule has 0 saturated heterocycles. The molecule has 1 heterocycles. The minimum atomic E-state index is -0.644. The molecular weight excluding hydrogens is 333 g/mol. The molecule has 1 atom stereocenters. The predicted octanol–water partition coefficient (Wildman–Crippen LogP) is 3.49. The first-order valence-electron chi connectivity index (χ1n) is 8.52. The molecule has 0 fully saturated rings. The lowest BCUT2D eigenvalue weighted by atomic mass is 9.84. The smallest absolute Gasteiger partial charge is 0.336 e. The Hall–Kier alpha value is -2.95. The number of hydrogen-bond acceptors (Lipinski definition) is 3. The largest absolute Gasteiger partial charge is 0.462 e. The molecular formula is C21H20FNO3. The summed E-state index contributed by atoms with van der Waals surface area (Å²) >= 11 is 0. The molecule has 0 spiro atoms. The molecule has 1 aliphatic heterocycles. The quantitative estimate of drug-likeness (QED) is 0.837. The number of carbonyl (C=O) groups is 2. The van der Waals surface area contributed by atoms with Crippen LogP contribution >= 0.6 is 0 Å². The zero-order chi connectivity index (χ0) is 18.5. The maximum absolute atomic E-state index is 14.2. The highest BCUT2D eigenvalue weighted by Crippen LogP contribution is 2.34. The highest BCUT2D eigenvalue weighted by molar-refractivity contribution is 5.95. The monoisotopic (exact) mass is 353 g/mol. The highest BCUT2D eigenvalue weighted by Gasteiger charge is 2.34. The summed E-state index contributed by atoms with van der Waals surface area (Å²) < 4.78 is 19.6. The summed E-state index contributed by atoms with van der Waals surface area (Å²) in [6.07, 6.45) is 0.608. The van der Waals surface area contributed by atoms with Crippen LogP contribution in [0.15, 0.2) is 65.9 Å². The van der Waals surface area contributed by atoms with E-state index in [9.17, 15) is 14.0 Å². The van der Waals surface area contributed by atoms with Crippen molar-refractivity contribution in [3.8, 4) is 0 Å². The number of halogens is 1. The molecule has 1 N–H and O–H groups in total. The van der Waals surface area contributed by atoms with Crippen molar-refractivity contribution in [3.63, 3.8) is 0 Å². The fourth-order valence-electron chi connectivity index (χ4n) is 3.18. The van der Waals surface area contributed by atoms with Crippen molar-refractivity contribution in [3.05, 3.63) is 82.8 Å². The van der Waals surface area contributed by atoms with Gasteiger partial charge in [0.25, 0.3) is 0 Å². The van der Waals surface area contributed by atoms with Gasteiger partial charge in [-0.15, -0.1) is 0 Å². The molecule has 0 bridgehead atoms. The van der Waals surface area contributed by atoms with Gasteiger partial charge in [-0.05, 0) is 24.1 Å². The molecule has 2 aromatic rings. The van der Waals surface area contributed by atoms with Crippen LogP contribution in [-0.4, -0.2) is 18.5 Å². The lowest BCUT2D eigenvalue weighted by Gasteiger charge is -2.26. The summed E-state index contributed by atoms with van der Waals surface area (Å²) in [7, 11) is 0. The zero-order valence-electron chi connectivity index (χ0n) is 14.5. The van der Waals surface area contributed by atoms with Crippen LogP contribution in [-0.2, 0) is 20.7 Å². The summed E-state index contributed by atoms with van der Waals surface area (Å²) in [4.78, 5) is 24.6. The SMILES string of the molecule is CC1=C(C(=O)OCCc2ccccc2)C(c2ccccc2F)CC(=O)N1. The second-order valence-corrected chi connectivity index (χ2v) is 6.24. The van der Waals surface area contributed by atoms with Crippen LogP contribution in [0.1, 0.15) is 30.4 Å². The van der Waals surface area contributed by atoms with Crippen LogP contribution in [0, 0.1) is 5.82 Å². The Labute approximate surface area is 151 Å². The lowest BCUT2D eigenvalue weighted by molar-refractivity contribution is -0.139. The minimum absolute atomic E-state index is 0.0153. The number of ether oxygens (including phenoxy) is 1. The van der Waals surface area contributed by atoms with Crippen molar-refractivity contribution in [2.24, 2.45) is 0 Å². The molecule has 0 aliphatic carbocycles. The van der Waals surface area contributed by atoms with Crippen molar-refractivity contribution < 1.29 is 18.7 Å². The van der Waals surface area contributed by atoms with E-state index >= 15 is 0 Å². The lowest BCUT2D eigenvalue weighted by Crippen LogP contribution is -2.34. The molecule has 3 rings (SSSR count). The second-order valence-electron chi connectivity index (χ2n) is 6.24.